The number of amides is 1. The molecule has 0 aliphatic rings. The van der Waals surface area contributed by atoms with Gasteiger partial charge < -0.3 is 10.5 Å². The van der Waals surface area contributed by atoms with E-state index in [4.69, 9.17) is 10.5 Å². The molecule has 1 amide bonds. The van der Waals surface area contributed by atoms with Gasteiger partial charge in [-0.15, -0.1) is 0 Å². The summed E-state index contributed by atoms with van der Waals surface area (Å²) in [5.74, 6) is -0.535. The van der Waals surface area contributed by atoms with Crippen molar-refractivity contribution in [1.29, 1.82) is 0 Å². The van der Waals surface area contributed by atoms with E-state index < -0.39 is 0 Å². The smallest absolute Gasteiger partial charge is 0.306 e. The van der Waals surface area contributed by atoms with E-state index in [-0.39, 0.29) is 36.4 Å². The van der Waals surface area contributed by atoms with Crippen molar-refractivity contribution in [2.75, 3.05) is 6.61 Å². The van der Waals surface area contributed by atoms with E-state index >= 15 is 0 Å². The maximum absolute atomic E-state index is 11.5. The molecule has 5 nitrogen and oxygen atoms in total. The first-order valence-electron chi connectivity index (χ1n) is 6.41. The van der Waals surface area contributed by atoms with E-state index in [1.165, 1.54) is 0 Å². The highest BCUT2D eigenvalue weighted by atomic mass is 16.5. The Bertz CT molecular complexity index is 289. The highest BCUT2D eigenvalue weighted by Crippen LogP contribution is 2.11. The maximum atomic E-state index is 11.5. The Hall–Kier alpha value is -1.39. The van der Waals surface area contributed by atoms with Gasteiger partial charge in [-0.25, -0.2) is 0 Å². The monoisotopic (exact) mass is 257 g/mol. The normalized spacial score (nSPS) is 11.9. The third kappa shape index (κ3) is 9.81. The molecule has 0 radical (unpaired) electrons. The van der Waals surface area contributed by atoms with Crippen molar-refractivity contribution >= 4 is 17.7 Å². The zero-order chi connectivity index (χ0) is 14.0. The number of carbonyl (C=O) groups is 3. The van der Waals surface area contributed by atoms with Gasteiger partial charge in [0.25, 0.3) is 0 Å². The van der Waals surface area contributed by atoms with Crippen LogP contribution in [0.15, 0.2) is 0 Å². The summed E-state index contributed by atoms with van der Waals surface area (Å²) >= 11 is 0. The Kier molecular flexibility index (Phi) is 8.88. The van der Waals surface area contributed by atoms with Crippen LogP contribution < -0.4 is 5.73 Å². The average molecular weight is 257 g/mol. The number of rotatable bonds is 10. The molecule has 0 aromatic rings. The standard InChI is InChI=1S/C13H23NO4/c1-3-8-18-13(17)7-6-11(15)5-4-10(2)9-12(14)16/h10H,3-9H2,1-2H3,(H2,14,16). The summed E-state index contributed by atoms with van der Waals surface area (Å²) in [6.45, 7) is 4.20. The van der Waals surface area contributed by atoms with Crippen LogP contribution in [0.4, 0.5) is 0 Å². The van der Waals surface area contributed by atoms with Crippen molar-refractivity contribution in [3.8, 4) is 0 Å². The summed E-state index contributed by atoms with van der Waals surface area (Å²) in [6, 6.07) is 0. The van der Waals surface area contributed by atoms with Crippen molar-refractivity contribution < 1.29 is 19.1 Å². The number of ether oxygens (including phenoxy) is 1. The number of ketones is 1. The minimum absolute atomic E-state index is 0.0276. The molecule has 0 saturated carbocycles. The fourth-order valence-electron chi connectivity index (χ4n) is 1.51. The second-order valence-corrected chi connectivity index (χ2v) is 4.57. The van der Waals surface area contributed by atoms with Crippen molar-refractivity contribution in [3.63, 3.8) is 0 Å². The van der Waals surface area contributed by atoms with E-state index in [2.05, 4.69) is 0 Å². The van der Waals surface area contributed by atoms with E-state index in [0.29, 0.717) is 25.9 Å². The van der Waals surface area contributed by atoms with Crippen LogP contribution in [0.2, 0.25) is 0 Å². The Morgan fingerprint density at radius 2 is 1.83 bits per heavy atom. The summed E-state index contributed by atoms with van der Waals surface area (Å²) in [6.07, 6.45) is 2.45. The van der Waals surface area contributed by atoms with Crippen molar-refractivity contribution in [1.82, 2.24) is 0 Å². The van der Waals surface area contributed by atoms with E-state index in [0.717, 1.165) is 6.42 Å². The summed E-state index contributed by atoms with van der Waals surface area (Å²) in [5, 5.41) is 0. The van der Waals surface area contributed by atoms with Crippen LogP contribution >= 0.6 is 0 Å². The second-order valence-electron chi connectivity index (χ2n) is 4.57. The molecule has 0 heterocycles. The Morgan fingerprint density at radius 3 is 2.39 bits per heavy atom. The zero-order valence-corrected chi connectivity index (χ0v) is 11.2. The Balaban J connectivity index is 3.65. The fourth-order valence-corrected chi connectivity index (χ4v) is 1.51. The summed E-state index contributed by atoms with van der Waals surface area (Å²) in [4.78, 5) is 33.3. The first-order valence-corrected chi connectivity index (χ1v) is 6.41. The zero-order valence-electron chi connectivity index (χ0n) is 11.2. The minimum atomic E-state index is -0.349. The fraction of sp³-hybridized carbons (Fsp3) is 0.769. The molecule has 0 aliphatic heterocycles. The van der Waals surface area contributed by atoms with E-state index in [9.17, 15) is 14.4 Å². The lowest BCUT2D eigenvalue weighted by molar-refractivity contribution is -0.144. The molecule has 2 N–H and O–H groups in total. The number of Topliss-reactive ketones (excluding diaryl/α,β-unsaturated/α-hetero) is 1. The Morgan fingerprint density at radius 1 is 1.17 bits per heavy atom. The summed E-state index contributed by atoms with van der Waals surface area (Å²) in [7, 11) is 0. The van der Waals surface area contributed by atoms with Crippen molar-refractivity contribution in [2.24, 2.45) is 11.7 Å². The first kappa shape index (κ1) is 16.6. The van der Waals surface area contributed by atoms with E-state index in [1.807, 2.05) is 13.8 Å². The molecule has 18 heavy (non-hydrogen) atoms. The van der Waals surface area contributed by atoms with Gasteiger partial charge in [-0.3, -0.25) is 14.4 Å². The molecule has 0 aromatic heterocycles. The predicted octanol–water partition coefficient (Wildman–Crippen LogP) is 1.58. The second kappa shape index (κ2) is 9.62. The topological polar surface area (TPSA) is 86.5 Å². The van der Waals surface area contributed by atoms with Gasteiger partial charge in [-0.1, -0.05) is 13.8 Å². The van der Waals surface area contributed by atoms with Gasteiger partial charge in [-0.05, 0) is 18.8 Å². The van der Waals surface area contributed by atoms with Crippen molar-refractivity contribution in [2.45, 2.75) is 52.4 Å². The summed E-state index contributed by atoms with van der Waals surface area (Å²) < 4.78 is 4.87. The molecule has 104 valence electrons. The van der Waals surface area contributed by atoms with Crippen LogP contribution in [-0.4, -0.2) is 24.3 Å². The van der Waals surface area contributed by atoms with Crippen LogP contribution in [0.1, 0.15) is 52.4 Å². The number of hydrogen-bond donors (Lipinski definition) is 1. The minimum Gasteiger partial charge on any atom is -0.466 e. The molecule has 1 atom stereocenters. The largest absolute Gasteiger partial charge is 0.466 e. The van der Waals surface area contributed by atoms with Gasteiger partial charge in [0.05, 0.1) is 13.0 Å². The predicted molar refractivity (Wildman–Crippen MR) is 67.7 cm³/mol. The van der Waals surface area contributed by atoms with Crippen LogP contribution in [-0.2, 0) is 19.1 Å². The molecule has 5 heteroatoms. The van der Waals surface area contributed by atoms with E-state index in [1.54, 1.807) is 0 Å². The van der Waals surface area contributed by atoms with Gasteiger partial charge >= 0.3 is 5.97 Å². The number of esters is 1. The first-order chi connectivity index (χ1) is 8.45. The molecule has 0 spiro atoms. The molecule has 0 rings (SSSR count). The van der Waals surface area contributed by atoms with Crippen LogP contribution in [0.3, 0.4) is 0 Å². The molecular formula is C13H23NO4. The molecule has 0 saturated heterocycles. The molecule has 0 fully saturated rings. The van der Waals surface area contributed by atoms with Gasteiger partial charge in [0.15, 0.2) is 0 Å². The lowest BCUT2D eigenvalue weighted by Gasteiger charge is -2.08. The lowest BCUT2D eigenvalue weighted by Crippen LogP contribution is -2.15. The lowest BCUT2D eigenvalue weighted by atomic mass is 9.98. The van der Waals surface area contributed by atoms with Gasteiger partial charge in [-0.2, -0.15) is 0 Å². The Labute approximate surface area is 108 Å². The number of primary amides is 1. The molecule has 0 aromatic carbocycles. The van der Waals surface area contributed by atoms with Crippen molar-refractivity contribution in [3.05, 3.63) is 0 Å². The van der Waals surface area contributed by atoms with Gasteiger partial charge in [0, 0.05) is 19.3 Å². The van der Waals surface area contributed by atoms with Gasteiger partial charge in [0.1, 0.15) is 5.78 Å². The van der Waals surface area contributed by atoms with Crippen LogP contribution in [0.25, 0.3) is 0 Å². The number of nitrogens with two attached hydrogens (primary N) is 1. The third-order valence-corrected chi connectivity index (χ3v) is 2.54. The van der Waals surface area contributed by atoms with Gasteiger partial charge in [0.2, 0.25) is 5.91 Å². The average Bonchev–Trinajstić information content (AvgIpc) is 2.30. The third-order valence-electron chi connectivity index (χ3n) is 2.54. The SMILES string of the molecule is CCCOC(=O)CCC(=O)CCC(C)CC(N)=O. The number of carbonyl (C=O) groups excluding carboxylic acids is 3. The highest BCUT2D eigenvalue weighted by Gasteiger charge is 2.11. The highest BCUT2D eigenvalue weighted by molar-refractivity contribution is 5.83. The van der Waals surface area contributed by atoms with Crippen LogP contribution in [0, 0.1) is 5.92 Å². The summed E-state index contributed by atoms with van der Waals surface area (Å²) in [5.41, 5.74) is 5.06. The molecule has 0 aliphatic carbocycles. The molecule has 0 bridgehead atoms. The molecular weight excluding hydrogens is 234 g/mol. The molecule has 1 unspecified atom stereocenters. The quantitative estimate of drug-likeness (QED) is 0.602. The van der Waals surface area contributed by atoms with Crippen LogP contribution in [0.5, 0.6) is 0 Å². The number of hydrogen-bond acceptors (Lipinski definition) is 4. The maximum Gasteiger partial charge on any atom is 0.306 e.